The summed E-state index contributed by atoms with van der Waals surface area (Å²) in [5.74, 6) is 0. The average molecular weight is 226 g/mol. The second-order valence-corrected chi connectivity index (χ2v) is 4.89. The van der Waals surface area contributed by atoms with Gasteiger partial charge in [-0.25, -0.2) is 4.98 Å². The minimum absolute atomic E-state index is 1.03. The third-order valence-corrected chi connectivity index (χ3v) is 3.84. The predicted molar refractivity (Wildman–Crippen MR) is 64.5 cm³/mol. The molecule has 0 aliphatic carbocycles. The average Bonchev–Trinajstić information content (AvgIpc) is 2.61. The molecule has 84 valence electrons. The molecule has 0 bridgehead atoms. The Kier molecular flexibility index (Phi) is 3.56. The standard InChI is InChI=1S/C10H18N4S/c1-8-9(15-10(11-2)13-8)7-14-5-3-12-4-6-14/h12H,3-7H2,1-2H3,(H,11,13). The van der Waals surface area contributed by atoms with Gasteiger partial charge in [-0.3, -0.25) is 4.90 Å². The third-order valence-electron chi connectivity index (χ3n) is 2.68. The van der Waals surface area contributed by atoms with Crippen LogP contribution in [0.3, 0.4) is 0 Å². The Balaban J connectivity index is 1.99. The first-order valence-electron chi connectivity index (χ1n) is 5.36. The zero-order chi connectivity index (χ0) is 10.7. The van der Waals surface area contributed by atoms with Crippen LogP contribution >= 0.6 is 11.3 Å². The SMILES string of the molecule is CNc1nc(C)c(CN2CCNCC2)s1. The molecule has 1 aromatic heterocycles. The van der Waals surface area contributed by atoms with E-state index in [9.17, 15) is 0 Å². The van der Waals surface area contributed by atoms with Crippen molar-refractivity contribution in [3.05, 3.63) is 10.6 Å². The maximum atomic E-state index is 4.46. The molecule has 0 unspecified atom stereocenters. The van der Waals surface area contributed by atoms with E-state index in [4.69, 9.17) is 0 Å². The normalized spacial score (nSPS) is 18.0. The van der Waals surface area contributed by atoms with Gasteiger partial charge in [0, 0.05) is 44.6 Å². The van der Waals surface area contributed by atoms with Gasteiger partial charge in [0.25, 0.3) is 0 Å². The third kappa shape index (κ3) is 2.68. The van der Waals surface area contributed by atoms with E-state index in [-0.39, 0.29) is 0 Å². The fourth-order valence-electron chi connectivity index (χ4n) is 1.75. The second kappa shape index (κ2) is 4.92. The summed E-state index contributed by atoms with van der Waals surface area (Å²) in [6, 6.07) is 0. The lowest BCUT2D eigenvalue weighted by Crippen LogP contribution is -2.42. The molecule has 2 N–H and O–H groups in total. The van der Waals surface area contributed by atoms with Crippen LogP contribution in [-0.2, 0) is 6.54 Å². The number of nitrogens with one attached hydrogen (secondary N) is 2. The summed E-state index contributed by atoms with van der Waals surface area (Å²) in [4.78, 5) is 8.33. The van der Waals surface area contributed by atoms with E-state index in [0.717, 1.165) is 37.9 Å². The van der Waals surface area contributed by atoms with E-state index in [1.54, 1.807) is 11.3 Å². The van der Waals surface area contributed by atoms with Gasteiger partial charge in [-0.05, 0) is 6.92 Å². The summed E-state index contributed by atoms with van der Waals surface area (Å²) in [5.41, 5.74) is 1.17. The molecular weight excluding hydrogens is 208 g/mol. The van der Waals surface area contributed by atoms with Crippen molar-refractivity contribution >= 4 is 16.5 Å². The lowest BCUT2D eigenvalue weighted by Gasteiger charge is -2.26. The number of piperazine rings is 1. The highest BCUT2D eigenvalue weighted by Crippen LogP contribution is 2.23. The number of anilines is 1. The van der Waals surface area contributed by atoms with E-state index in [2.05, 4.69) is 27.4 Å². The van der Waals surface area contributed by atoms with Crippen molar-refractivity contribution in [3.8, 4) is 0 Å². The van der Waals surface area contributed by atoms with Crippen molar-refractivity contribution in [2.75, 3.05) is 38.5 Å². The molecule has 1 aliphatic heterocycles. The minimum Gasteiger partial charge on any atom is -0.365 e. The molecule has 1 aliphatic rings. The molecule has 0 amide bonds. The Morgan fingerprint density at radius 3 is 2.80 bits per heavy atom. The maximum Gasteiger partial charge on any atom is 0.182 e. The predicted octanol–water partition coefficient (Wildman–Crippen LogP) is 0.898. The minimum atomic E-state index is 1.03. The second-order valence-electron chi connectivity index (χ2n) is 3.80. The Bertz CT molecular complexity index is 317. The summed E-state index contributed by atoms with van der Waals surface area (Å²) in [6.45, 7) is 7.65. The van der Waals surface area contributed by atoms with Crippen LogP contribution < -0.4 is 10.6 Å². The van der Waals surface area contributed by atoms with Crippen molar-refractivity contribution in [1.82, 2.24) is 15.2 Å². The number of nitrogens with zero attached hydrogens (tertiary/aromatic N) is 2. The number of rotatable bonds is 3. The molecule has 15 heavy (non-hydrogen) atoms. The molecule has 0 aromatic carbocycles. The molecule has 0 spiro atoms. The van der Waals surface area contributed by atoms with Gasteiger partial charge < -0.3 is 10.6 Å². The van der Waals surface area contributed by atoms with Gasteiger partial charge >= 0.3 is 0 Å². The van der Waals surface area contributed by atoms with E-state index < -0.39 is 0 Å². The van der Waals surface area contributed by atoms with Crippen LogP contribution in [0.2, 0.25) is 0 Å². The number of hydrogen-bond acceptors (Lipinski definition) is 5. The van der Waals surface area contributed by atoms with Gasteiger partial charge in [0.1, 0.15) is 0 Å². The van der Waals surface area contributed by atoms with Crippen LogP contribution in [-0.4, -0.2) is 43.1 Å². The summed E-state index contributed by atoms with van der Waals surface area (Å²) < 4.78 is 0. The van der Waals surface area contributed by atoms with Gasteiger partial charge in [0.2, 0.25) is 0 Å². The lowest BCUT2D eigenvalue weighted by atomic mass is 10.3. The van der Waals surface area contributed by atoms with Crippen LogP contribution in [0.25, 0.3) is 0 Å². The molecule has 2 rings (SSSR count). The topological polar surface area (TPSA) is 40.2 Å². The molecular formula is C10H18N4S. The molecule has 1 aromatic rings. The van der Waals surface area contributed by atoms with Crippen molar-refractivity contribution < 1.29 is 0 Å². The summed E-state index contributed by atoms with van der Waals surface area (Å²) in [7, 11) is 1.92. The number of aryl methyl sites for hydroxylation is 1. The molecule has 1 fully saturated rings. The monoisotopic (exact) mass is 226 g/mol. The molecule has 2 heterocycles. The van der Waals surface area contributed by atoms with Crippen LogP contribution in [0.15, 0.2) is 0 Å². The van der Waals surface area contributed by atoms with Crippen LogP contribution in [0.5, 0.6) is 0 Å². The van der Waals surface area contributed by atoms with Crippen molar-refractivity contribution in [1.29, 1.82) is 0 Å². The zero-order valence-electron chi connectivity index (χ0n) is 9.34. The Labute approximate surface area is 94.7 Å². The quantitative estimate of drug-likeness (QED) is 0.803. The highest BCUT2D eigenvalue weighted by molar-refractivity contribution is 7.15. The highest BCUT2D eigenvalue weighted by atomic mass is 32.1. The lowest BCUT2D eigenvalue weighted by molar-refractivity contribution is 0.234. The molecule has 0 atom stereocenters. The van der Waals surface area contributed by atoms with Crippen molar-refractivity contribution in [2.24, 2.45) is 0 Å². The number of thiazole rings is 1. The number of aromatic nitrogens is 1. The first-order valence-corrected chi connectivity index (χ1v) is 6.18. The van der Waals surface area contributed by atoms with Gasteiger partial charge in [0.05, 0.1) is 5.69 Å². The maximum absolute atomic E-state index is 4.46. The molecule has 0 saturated carbocycles. The highest BCUT2D eigenvalue weighted by Gasteiger charge is 2.13. The summed E-state index contributed by atoms with van der Waals surface area (Å²) in [5, 5.41) is 7.49. The summed E-state index contributed by atoms with van der Waals surface area (Å²) in [6.07, 6.45) is 0. The van der Waals surface area contributed by atoms with Gasteiger partial charge in [-0.1, -0.05) is 0 Å². The molecule has 1 saturated heterocycles. The smallest absolute Gasteiger partial charge is 0.182 e. The van der Waals surface area contributed by atoms with E-state index in [1.165, 1.54) is 10.6 Å². The molecule has 4 nitrogen and oxygen atoms in total. The number of hydrogen-bond donors (Lipinski definition) is 2. The Hall–Kier alpha value is -0.650. The van der Waals surface area contributed by atoms with E-state index in [0.29, 0.717) is 0 Å². The van der Waals surface area contributed by atoms with Gasteiger partial charge in [-0.15, -0.1) is 11.3 Å². The van der Waals surface area contributed by atoms with Gasteiger partial charge in [-0.2, -0.15) is 0 Å². The fraction of sp³-hybridized carbons (Fsp3) is 0.700. The fourth-order valence-corrected chi connectivity index (χ4v) is 2.71. The summed E-state index contributed by atoms with van der Waals surface area (Å²) >= 11 is 1.77. The van der Waals surface area contributed by atoms with Gasteiger partial charge in [0.15, 0.2) is 5.13 Å². The Morgan fingerprint density at radius 2 is 2.20 bits per heavy atom. The first kappa shape index (κ1) is 10.9. The van der Waals surface area contributed by atoms with Crippen LogP contribution in [0.4, 0.5) is 5.13 Å². The molecule has 5 heteroatoms. The zero-order valence-corrected chi connectivity index (χ0v) is 10.2. The largest absolute Gasteiger partial charge is 0.365 e. The Morgan fingerprint density at radius 1 is 1.47 bits per heavy atom. The van der Waals surface area contributed by atoms with E-state index in [1.807, 2.05) is 7.05 Å². The molecule has 0 radical (unpaired) electrons. The van der Waals surface area contributed by atoms with E-state index >= 15 is 0 Å². The van der Waals surface area contributed by atoms with Crippen LogP contribution in [0.1, 0.15) is 10.6 Å². The van der Waals surface area contributed by atoms with Crippen LogP contribution in [0, 0.1) is 6.92 Å². The van der Waals surface area contributed by atoms with Crippen molar-refractivity contribution in [2.45, 2.75) is 13.5 Å². The van der Waals surface area contributed by atoms with Crippen molar-refractivity contribution in [3.63, 3.8) is 0 Å². The first-order chi connectivity index (χ1) is 7.29.